The van der Waals surface area contributed by atoms with Crippen LogP contribution in [0.3, 0.4) is 0 Å². The highest BCUT2D eigenvalue weighted by molar-refractivity contribution is 7.91. The number of piperidine rings is 1. The Morgan fingerprint density at radius 2 is 1.36 bits per heavy atom. The smallest absolute Gasteiger partial charge is 0.341 e. The topological polar surface area (TPSA) is 57.7 Å². The maximum absolute atomic E-state index is 13.9. The number of halogens is 7. The van der Waals surface area contributed by atoms with Gasteiger partial charge in [-0.3, -0.25) is 9.69 Å². The first-order valence-corrected chi connectivity index (χ1v) is 15.4. The van der Waals surface area contributed by atoms with Crippen molar-refractivity contribution in [2.24, 2.45) is 0 Å². The second kappa shape index (κ2) is 11.4. The van der Waals surface area contributed by atoms with Crippen LogP contribution in [0.2, 0.25) is 0 Å². The van der Waals surface area contributed by atoms with Gasteiger partial charge < -0.3 is 4.90 Å². The van der Waals surface area contributed by atoms with Crippen LogP contribution in [0.1, 0.15) is 61.3 Å². The van der Waals surface area contributed by atoms with Crippen LogP contribution in [-0.2, 0) is 32.4 Å². The third kappa shape index (κ3) is 6.93. The molecule has 13 heteroatoms. The largest absolute Gasteiger partial charge is 0.416 e. The van der Waals surface area contributed by atoms with E-state index in [1.807, 2.05) is 0 Å². The molecule has 1 amide bonds. The summed E-state index contributed by atoms with van der Waals surface area (Å²) in [4.78, 5) is 17.4. The van der Waals surface area contributed by atoms with E-state index in [9.17, 15) is 43.9 Å². The predicted molar refractivity (Wildman–Crippen MR) is 143 cm³/mol. The Labute approximate surface area is 240 Å². The molecule has 2 fully saturated rings. The standard InChI is InChI=1S/C29H33F7N2O3S/c1-27(2,19-14-20(28(31,32)33)16-21(15-19)29(34,35)36)26(39)37(3)25-8-11-38(23-9-12-42(40,41)13-10-23)17-24(25)18-4-6-22(30)7-5-18/h4-7,14-16,23-25H,8-13,17H2,1-3H3/t24-,25+/m0/s1. The van der Waals surface area contributed by atoms with Crippen LogP contribution in [-0.4, -0.2) is 67.9 Å². The predicted octanol–water partition coefficient (Wildman–Crippen LogP) is 6.03. The molecular weight excluding hydrogens is 589 g/mol. The third-order valence-corrected chi connectivity index (χ3v) is 10.3. The Morgan fingerprint density at radius 3 is 1.86 bits per heavy atom. The summed E-state index contributed by atoms with van der Waals surface area (Å²) in [5, 5.41) is 0. The van der Waals surface area contributed by atoms with E-state index in [-0.39, 0.29) is 29.5 Å². The Bertz CT molecular complexity index is 1360. The van der Waals surface area contributed by atoms with Gasteiger partial charge in [-0.2, -0.15) is 26.3 Å². The Morgan fingerprint density at radius 1 is 0.857 bits per heavy atom. The average molecular weight is 623 g/mol. The summed E-state index contributed by atoms with van der Waals surface area (Å²) >= 11 is 0. The van der Waals surface area contributed by atoms with Crippen molar-refractivity contribution in [2.45, 2.75) is 68.9 Å². The first-order valence-electron chi connectivity index (χ1n) is 13.6. The molecule has 2 aromatic rings. The van der Waals surface area contributed by atoms with Gasteiger partial charge in [0.2, 0.25) is 5.91 Å². The van der Waals surface area contributed by atoms with E-state index in [1.54, 1.807) is 12.1 Å². The molecule has 2 aliphatic heterocycles. The van der Waals surface area contributed by atoms with E-state index < -0.39 is 62.1 Å². The molecule has 0 bridgehead atoms. The molecule has 0 saturated carbocycles. The van der Waals surface area contributed by atoms with Crippen LogP contribution in [0.15, 0.2) is 42.5 Å². The van der Waals surface area contributed by atoms with Crippen molar-refractivity contribution in [1.82, 2.24) is 9.80 Å². The molecule has 42 heavy (non-hydrogen) atoms. The number of hydrogen-bond acceptors (Lipinski definition) is 4. The first-order chi connectivity index (χ1) is 19.3. The Kier molecular flexibility index (Phi) is 8.78. The quantitative estimate of drug-likeness (QED) is 0.382. The zero-order valence-corrected chi connectivity index (χ0v) is 24.2. The Balaban J connectivity index is 1.65. The highest BCUT2D eigenvalue weighted by Gasteiger charge is 2.44. The van der Waals surface area contributed by atoms with Crippen molar-refractivity contribution in [3.63, 3.8) is 0 Å². The number of carbonyl (C=O) groups is 1. The van der Waals surface area contributed by atoms with E-state index in [4.69, 9.17) is 0 Å². The molecule has 0 aromatic heterocycles. The number of likely N-dealkylation sites (N-methyl/N-ethyl adjacent to an activating group) is 1. The number of sulfone groups is 1. The number of amides is 1. The van der Waals surface area contributed by atoms with Crippen molar-refractivity contribution in [2.75, 3.05) is 31.6 Å². The van der Waals surface area contributed by atoms with Gasteiger partial charge in [-0.05, 0) is 74.6 Å². The summed E-state index contributed by atoms with van der Waals surface area (Å²) in [5.74, 6) is -1.35. The van der Waals surface area contributed by atoms with E-state index in [2.05, 4.69) is 4.90 Å². The second-order valence-corrected chi connectivity index (χ2v) is 14.0. The van der Waals surface area contributed by atoms with Crippen molar-refractivity contribution in [3.05, 3.63) is 70.5 Å². The second-order valence-electron chi connectivity index (χ2n) is 11.7. The van der Waals surface area contributed by atoms with Gasteiger partial charge in [-0.15, -0.1) is 0 Å². The molecular formula is C29H33F7N2O3S. The molecule has 2 saturated heterocycles. The molecule has 2 atom stereocenters. The monoisotopic (exact) mass is 622 g/mol. The molecule has 0 aliphatic carbocycles. The lowest BCUT2D eigenvalue weighted by Crippen LogP contribution is -2.56. The minimum absolute atomic E-state index is 0.000713. The van der Waals surface area contributed by atoms with Gasteiger partial charge in [0.1, 0.15) is 15.7 Å². The molecule has 4 rings (SSSR count). The van der Waals surface area contributed by atoms with Gasteiger partial charge in [0.25, 0.3) is 0 Å². The first kappa shape index (κ1) is 32.2. The van der Waals surface area contributed by atoms with Crippen LogP contribution >= 0.6 is 0 Å². The molecule has 2 aliphatic rings. The maximum atomic E-state index is 13.9. The highest BCUT2D eigenvalue weighted by atomic mass is 32.2. The zero-order valence-electron chi connectivity index (χ0n) is 23.4. The molecule has 232 valence electrons. The normalized spacial score (nSPS) is 22.6. The molecule has 2 aromatic carbocycles. The SMILES string of the molecule is CN(C(=O)C(C)(C)c1cc(C(F)(F)F)cc(C(F)(F)F)c1)[C@@H]1CCN(C2CCS(=O)(=O)CC2)C[C@H]1c1ccc(F)cc1. The van der Waals surface area contributed by atoms with Crippen molar-refractivity contribution < 1.29 is 43.9 Å². The van der Waals surface area contributed by atoms with Crippen LogP contribution in [0, 0.1) is 5.82 Å². The van der Waals surface area contributed by atoms with Gasteiger partial charge in [-0.25, -0.2) is 12.8 Å². The van der Waals surface area contributed by atoms with Crippen LogP contribution in [0.25, 0.3) is 0 Å². The van der Waals surface area contributed by atoms with Crippen LogP contribution in [0.5, 0.6) is 0 Å². The number of carbonyl (C=O) groups excluding carboxylic acids is 1. The molecule has 0 N–H and O–H groups in total. The van der Waals surface area contributed by atoms with Gasteiger partial charge >= 0.3 is 12.4 Å². The number of likely N-dealkylation sites (tertiary alicyclic amines) is 1. The van der Waals surface area contributed by atoms with E-state index in [1.165, 1.54) is 37.9 Å². The lowest BCUT2D eigenvalue weighted by molar-refractivity contribution is -0.144. The van der Waals surface area contributed by atoms with Crippen molar-refractivity contribution >= 4 is 15.7 Å². The van der Waals surface area contributed by atoms with Gasteiger partial charge in [-0.1, -0.05) is 12.1 Å². The van der Waals surface area contributed by atoms with E-state index in [0.717, 1.165) is 0 Å². The molecule has 0 radical (unpaired) electrons. The maximum Gasteiger partial charge on any atom is 0.416 e. The summed E-state index contributed by atoms with van der Waals surface area (Å²) < 4.78 is 119. The lowest BCUT2D eigenvalue weighted by atomic mass is 9.79. The number of hydrogen-bond donors (Lipinski definition) is 0. The fourth-order valence-electron chi connectivity index (χ4n) is 6.07. The third-order valence-electron chi connectivity index (χ3n) is 8.61. The lowest BCUT2D eigenvalue weighted by Gasteiger charge is -2.47. The number of rotatable bonds is 5. The Hall–Kier alpha value is -2.67. The summed E-state index contributed by atoms with van der Waals surface area (Å²) in [6, 6.07) is 6.44. The number of benzene rings is 2. The van der Waals surface area contributed by atoms with Crippen molar-refractivity contribution in [1.29, 1.82) is 0 Å². The summed E-state index contributed by atoms with van der Waals surface area (Å²) in [6.07, 6.45) is -8.77. The van der Waals surface area contributed by atoms with E-state index >= 15 is 0 Å². The van der Waals surface area contributed by atoms with E-state index in [0.29, 0.717) is 50.0 Å². The van der Waals surface area contributed by atoms with Gasteiger partial charge in [0, 0.05) is 38.1 Å². The number of nitrogens with zero attached hydrogens (tertiary/aromatic N) is 2. The molecule has 0 spiro atoms. The van der Waals surface area contributed by atoms with Gasteiger partial charge in [0.15, 0.2) is 0 Å². The fourth-order valence-corrected chi connectivity index (χ4v) is 7.54. The minimum Gasteiger partial charge on any atom is -0.341 e. The summed E-state index contributed by atoms with van der Waals surface area (Å²) in [7, 11) is -1.61. The fraction of sp³-hybridized carbons (Fsp3) is 0.552. The minimum atomic E-state index is -5.06. The van der Waals surface area contributed by atoms with Crippen molar-refractivity contribution in [3.8, 4) is 0 Å². The van der Waals surface area contributed by atoms with Gasteiger partial charge in [0.05, 0.1) is 28.0 Å². The molecule has 0 unspecified atom stereocenters. The molecule has 2 heterocycles. The van der Waals surface area contributed by atoms with Crippen LogP contribution < -0.4 is 0 Å². The number of alkyl halides is 6. The molecule has 5 nitrogen and oxygen atoms in total. The summed E-state index contributed by atoms with van der Waals surface area (Å²) in [5.41, 5.74) is -4.45. The highest BCUT2D eigenvalue weighted by Crippen LogP contribution is 2.41. The van der Waals surface area contributed by atoms with Crippen LogP contribution in [0.4, 0.5) is 30.7 Å². The summed E-state index contributed by atoms with van der Waals surface area (Å²) in [6.45, 7) is 3.52. The average Bonchev–Trinajstić information content (AvgIpc) is 2.91. The zero-order chi connectivity index (χ0) is 31.3.